The number of hydrogen-bond acceptors (Lipinski definition) is 3. The van der Waals surface area contributed by atoms with Crippen molar-refractivity contribution in [2.75, 3.05) is 5.73 Å². The van der Waals surface area contributed by atoms with Gasteiger partial charge in [0.1, 0.15) is 5.75 Å². The van der Waals surface area contributed by atoms with Crippen LogP contribution in [0.4, 0.5) is 5.69 Å². The summed E-state index contributed by atoms with van der Waals surface area (Å²) in [6.07, 6.45) is 2.79. The van der Waals surface area contributed by atoms with E-state index < -0.39 is 0 Å². The Morgan fingerprint density at radius 3 is 2.92 bits per heavy atom. The van der Waals surface area contributed by atoms with Crippen molar-refractivity contribution >= 4 is 11.8 Å². The summed E-state index contributed by atoms with van der Waals surface area (Å²) >= 11 is 0. The highest BCUT2D eigenvalue weighted by atomic mass is 16.3. The first kappa shape index (κ1) is 8.15. The quantitative estimate of drug-likeness (QED) is 0.371. The lowest BCUT2D eigenvalue weighted by Crippen LogP contribution is -1.86. The Kier molecular flexibility index (Phi) is 2.34. The summed E-state index contributed by atoms with van der Waals surface area (Å²) in [5, 5.41) is 17.6. The second kappa shape index (κ2) is 3.44. The van der Waals surface area contributed by atoms with Crippen LogP contribution in [0.25, 0.3) is 6.08 Å². The molecular formula is C9H8N2O. The summed E-state index contributed by atoms with van der Waals surface area (Å²) in [6, 6.07) is 6.82. The number of phenols is 1. The van der Waals surface area contributed by atoms with E-state index in [9.17, 15) is 5.11 Å². The van der Waals surface area contributed by atoms with E-state index in [1.807, 2.05) is 6.07 Å². The predicted octanol–water partition coefficient (Wildman–Crippen LogP) is 1.51. The third-order valence-electron chi connectivity index (χ3n) is 1.44. The Labute approximate surface area is 70.4 Å². The minimum Gasteiger partial charge on any atom is -0.505 e. The predicted molar refractivity (Wildman–Crippen MR) is 47.2 cm³/mol. The van der Waals surface area contributed by atoms with Gasteiger partial charge in [-0.2, -0.15) is 5.26 Å². The fourth-order valence-corrected chi connectivity index (χ4v) is 0.842. The number of phenolic OH excluding ortho intramolecular Hbond substituents is 1. The van der Waals surface area contributed by atoms with Crippen LogP contribution in [0.3, 0.4) is 0 Å². The molecule has 1 aromatic rings. The third-order valence-corrected chi connectivity index (χ3v) is 1.44. The standard InChI is InChI=1S/C9H8N2O/c10-6-2-4-7-3-1-5-8(11)9(7)12/h1-5,12H,11H2. The molecule has 3 N–H and O–H groups in total. The first-order valence-corrected chi connectivity index (χ1v) is 3.39. The maximum Gasteiger partial charge on any atom is 0.145 e. The molecule has 12 heavy (non-hydrogen) atoms. The van der Waals surface area contributed by atoms with E-state index in [4.69, 9.17) is 11.0 Å². The number of rotatable bonds is 1. The fourth-order valence-electron chi connectivity index (χ4n) is 0.842. The molecule has 0 radical (unpaired) electrons. The first-order valence-electron chi connectivity index (χ1n) is 3.39. The van der Waals surface area contributed by atoms with E-state index in [1.54, 1.807) is 18.2 Å². The van der Waals surface area contributed by atoms with Crippen molar-refractivity contribution in [1.82, 2.24) is 0 Å². The van der Waals surface area contributed by atoms with Crippen LogP contribution < -0.4 is 5.73 Å². The molecule has 0 saturated heterocycles. The lowest BCUT2D eigenvalue weighted by molar-refractivity contribution is 0.477. The highest BCUT2D eigenvalue weighted by Crippen LogP contribution is 2.25. The molecule has 0 atom stereocenters. The molecule has 3 nitrogen and oxygen atoms in total. The van der Waals surface area contributed by atoms with Gasteiger partial charge in [0.05, 0.1) is 11.8 Å². The van der Waals surface area contributed by atoms with Crippen molar-refractivity contribution in [3.63, 3.8) is 0 Å². The molecule has 0 amide bonds. The molecule has 1 rings (SSSR count). The molecule has 0 aliphatic rings. The Hall–Kier alpha value is -1.95. The lowest BCUT2D eigenvalue weighted by Gasteiger charge is -2.00. The number of nitrogens with two attached hydrogens (primary N) is 1. The highest BCUT2D eigenvalue weighted by Gasteiger charge is 1.99. The van der Waals surface area contributed by atoms with E-state index >= 15 is 0 Å². The maximum absolute atomic E-state index is 9.34. The molecule has 0 bridgehead atoms. The van der Waals surface area contributed by atoms with E-state index in [1.165, 1.54) is 12.2 Å². The summed E-state index contributed by atoms with van der Waals surface area (Å²) in [6.45, 7) is 0. The van der Waals surface area contributed by atoms with Crippen LogP contribution in [0.5, 0.6) is 5.75 Å². The number of anilines is 1. The van der Waals surface area contributed by atoms with Gasteiger partial charge in [-0.1, -0.05) is 12.1 Å². The minimum atomic E-state index is 0.0176. The van der Waals surface area contributed by atoms with E-state index in [0.717, 1.165) is 0 Å². The minimum absolute atomic E-state index is 0.0176. The van der Waals surface area contributed by atoms with Crippen LogP contribution in [-0.2, 0) is 0 Å². The van der Waals surface area contributed by atoms with Gasteiger partial charge in [-0.15, -0.1) is 0 Å². The van der Waals surface area contributed by atoms with Crippen LogP contribution in [0, 0.1) is 11.3 Å². The Morgan fingerprint density at radius 1 is 1.50 bits per heavy atom. The van der Waals surface area contributed by atoms with Crippen molar-refractivity contribution in [2.24, 2.45) is 0 Å². The van der Waals surface area contributed by atoms with Crippen LogP contribution in [0.15, 0.2) is 24.3 Å². The number of aromatic hydroxyl groups is 1. The lowest BCUT2D eigenvalue weighted by atomic mass is 10.1. The summed E-state index contributed by atoms with van der Waals surface area (Å²) in [7, 11) is 0. The SMILES string of the molecule is N#CC=Cc1cccc(N)c1O. The molecule has 0 spiro atoms. The number of nitrogen functional groups attached to an aromatic ring is 1. The molecule has 3 heteroatoms. The van der Waals surface area contributed by atoms with Gasteiger partial charge >= 0.3 is 0 Å². The number of benzene rings is 1. The van der Waals surface area contributed by atoms with Gasteiger partial charge in [0, 0.05) is 11.6 Å². The molecule has 0 aliphatic carbocycles. The van der Waals surface area contributed by atoms with Gasteiger partial charge in [0.15, 0.2) is 0 Å². The maximum atomic E-state index is 9.34. The largest absolute Gasteiger partial charge is 0.505 e. The Balaban J connectivity index is 3.10. The first-order chi connectivity index (χ1) is 5.75. The number of nitrogens with zero attached hydrogens (tertiary/aromatic N) is 1. The molecule has 1 aromatic carbocycles. The molecule has 0 saturated carbocycles. The summed E-state index contributed by atoms with van der Waals surface area (Å²) < 4.78 is 0. The van der Waals surface area contributed by atoms with Crippen molar-refractivity contribution in [3.8, 4) is 11.8 Å². The zero-order valence-electron chi connectivity index (χ0n) is 6.36. The smallest absolute Gasteiger partial charge is 0.145 e. The average Bonchev–Trinajstić information content (AvgIpc) is 2.08. The van der Waals surface area contributed by atoms with Crippen LogP contribution >= 0.6 is 0 Å². The fraction of sp³-hybridized carbons (Fsp3) is 0. The molecule has 0 unspecified atom stereocenters. The zero-order chi connectivity index (χ0) is 8.97. The number of para-hydroxylation sites is 1. The monoisotopic (exact) mass is 160 g/mol. The topological polar surface area (TPSA) is 70.0 Å². The van der Waals surface area contributed by atoms with Gasteiger partial charge in [-0.25, -0.2) is 0 Å². The van der Waals surface area contributed by atoms with Gasteiger partial charge in [0.2, 0.25) is 0 Å². The molecule has 60 valence electrons. The molecule has 0 aromatic heterocycles. The number of nitriles is 1. The van der Waals surface area contributed by atoms with Crippen molar-refractivity contribution < 1.29 is 5.11 Å². The van der Waals surface area contributed by atoms with Crippen LogP contribution in [0.1, 0.15) is 5.56 Å². The normalized spacial score (nSPS) is 9.92. The second-order valence-corrected chi connectivity index (χ2v) is 2.25. The van der Waals surface area contributed by atoms with Gasteiger partial charge in [0.25, 0.3) is 0 Å². The van der Waals surface area contributed by atoms with Crippen molar-refractivity contribution in [3.05, 3.63) is 29.8 Å². The summed E-state index contributed by atoms with van der Waals surface area (Å²) in [4.78, 5) is 0. The number of allylic oxidation sites excluding steroid dienone is 1. The third kappa shape index (κ3) is 1.55. The summed E-state index contributed by atoms with van der Waals surface area (Å²) in [5.41, 5.74) is 6.29. The van der Waals surface area contributed by atoms with Gasteiger partial charge in [-0.3, -0.25) is 0 Å². The van der Waals surface area contributed by atoms with E-state index in [0.29, 0.717) is 11.3 Å². The number of hydrogen-bond donors (Lipinski definition) is 2. The molecule has 0 aliphatic heterocycles. The van der Waals surface area contributed by atoms with E-state index in [2.05, 4.69) is 0 Å². The van der Waals surface area contributed by atoms with Gasteiger partial charge < -0.3 is 10.8 Å². The van der Waals surface area contributed by atoms with Crippen LogP contribution in [-0.4, -0.2) is 5.11 Å². The average molecular weight is 160 g/mol. The highest BCUT2D eigenvalue weighted by molar-refractivity contribution is 5.67. The second-order valence-electron chi connectivity index (χ2n) is 2.25. The van der Waals surface area contributed by atoms with E-state index in [-0.39, 0.29) is 5.75 Å². The molecular weight excluding hydrogens is 152 g/mol. The Morgan fingerprint density at radius 2 is 2.25 bits per heavy atom. The molecule has 0 heterocycles. The van der Waals surface area contributed by atoms with Crippen molar-refractivity contribution in [1.29, 1.82) is 5.26 Å². The zero-order valence-corrected chi connectivity index (χ0v) is 6.36. The van der Waals surface area contributed by atoms with Crippen LogP contribution in [0.2, 0.25) is 0 Å². The Bertz CT molecular complexity index is 350. The molecule has 0 fully saturated rings. The summed E-state index contributed by atoms with van der Waals surface area (Å²) in [5.74, 6) is 0.0176. The van der Waals surface area contributed by atoms with Crippen molar-refractivity contribution in [2.45, 2.75) is 0 Å². The van der Waals surface area contributed by atoms with Gasteiger partial charge in [-0.05, 0) is 12.1 Å².